The molecule has 0 bridgehead atoms. The number of hydrazone groups is 2. The van der Waals surface area contributed by atoms with Crippen molar-refractivity contribution in [1.29, 1.82) is 0 Å². The van der Waals surface area contributed by atoms with Crippen LogP contribution in [0, 0.1) is 0 Å². The molecular weight excluding hydrogens is 927 g/mol. The minimum absolute atomic E-state index is 0.00635. The number of aromatic nitrogens is 1. The molecule has 2 aliphatic carbocycles. The van der Waals surface area contributed by atoms with Gasteiger partial charge < -0.3 is 20.8 Å². The molecule has 2 aliphatic rings. The molecule has 0 unspecified atom stereocenters. The van der Waals surface area contributed by atoms with Crippen molar-refractivity contribution in [3.05, 3.63) is 158 Å². The third-order valence-electron chi connectivity index (χ3n) is 10.1. The van der Waals surface area contributed by atoms with Crippen LogP contribution in [-0.4, -0.2) is 87.9 Å². The lowest BCUT2D eigenvalue weighted by atomic mass is 9.94. The van der Waals surface area contributed by atoms with E-state index >= 15 is 0 Å². The average molecular weight is 962 g/mol. The molecule has 1 aromatic heterocycles. The molecule has 23 heteroatoms. The summed E-state index contributed by atoms with van der Waals surface area (Å²) in [5, 5.41) is 30.8. The van der Waals surface area contributed by atoms with E-state index in [1.807, 2.05) is 0 Å². The zero-order valence-corrected chi connectivity index (χ0v) is 36.5. The molecule has 68 heavy (non-hydrogen) atoms. The maximum absolute atomic E-state index is 13.5. The van der Waals surface area contributed by atoms with Gasteiger partial charge in [-0.05, 0) is 120 Å². The quantitative estimate of drug-likeness (QED) is 0.0453. The Bertz CT molecular complexity index is 3090. The summed E-state index contributed by atoms with van der Waals surface area (Å²) >= 11 is 0. The summed E-state index contributed by atoms with van der Waals surface area (Å²) in [6, 6.07) is 24.4. The molecule has 4 aromatic carbocycles. The van der Waals surface area contributed by atoms with Crippen molar-refractivity contribution >= 4 is 102 Å². The van der Waals surface area contributed by atoms with Gasteiger partial charge in [-0.1, -0.05) is 30.3 Å². The molecular formula is C45H35N7O14S2. The third kappa shape index (κ3) is 11.3. The summed E-state index contributed by atoms with van der Waals surface area (Å²) in [6.07, 6.45) is 2.36. The van der Waals surface area contributed by atoms with Gasteiger partial charge in [0.25, 0.3) is 32.1 Å². The molecule has 0 radical (unpaired) electrons. The van der Waals surface area contributed by atoms with E-state index in [0.717, 1.165) is 12.2 Å². The zero-order chi connectivity index (χ0) is 48.9. The summed E-state index contributed by atoms with van der Waals surface area (Å²) in [7, 11) is -10.0. The summed E-state index contributed by atoms with van der Waals surface area (Å²) < 4.78 is 69.8. The Morgan fingerprint density at radius 1 is 0.529 bits per heavy atom. The molecule has 5 aromatic rings. The molecule has 7 rings (SSSR count). The number of carbonyl (C=O) groups excluding carboxylic acids is 4. The minimum atomic E-state index is -5.02. The van der Waals surface area contributed by atoms with Crippen LogP contribution in [0.5, 0.6) is 0 Å². The standard InChI is InChI=1S/C45H35N7O14S2/c53-38(54)18-8-24-4-10-28(11-5-24)49-51-40-36(67(61,62)63)22-26-20-30(14-16-32(26)42(40)57)46-44(59)34-2-1-3-35(48-34)45(60)47-31-15-17-33-27(21-31)23-37(68(64,65)66)41(43(33)58)52-50-29-12-6-25(7-13-29)9-19-39(55)56/h1-7,10-17,20-23,49-50H,8-9,18-19H2,(H,46,59)(H,47,60)(H,53,54)(H,55,56)(H,61,62,63)(H,64,65,66)/b51-40-,52-41-. The fraction of sp³-hybridized carbons (Fsp3) is 0.0889. The van der Waals surface area contributed by atoms with E-state index in [2.05, 4.69) is 36.7 Å². The number of carbonyl (C=O) groups is 6. The van der Waals surface area contributed by atoms with E-state index in [0.29, 0.717) is 22.5 Å². The van der Waals surface area contributed by atoms with Gasteiger partial charge in [0.2, 0.25) is 11.6 Å². The van der Waals surface area contributed by atoms with E-state index in [4.69, 9.17) is 10.2 Å². The molecule has 0 atom stereocenters. The summed E-state index contributed by atoms with van der Waals surface area (Å²) in [6.45, 7) is 0. The number of nitrogens with one attached hydrogen (secondary N) is 4. The topological polar surface area (TPSA) is 337 Å². The van der Waals surface area contributed by atoms with Crippen LogP contribution in [0.3, 0.4) is 0 Å². The lowest BCUT2D eigenvalue weighted by molar-refractivity contribution is -0.138. The highest BCUT2D eigenvalue weighted by atomic mass is 32.2. The fourth-order valence-electron chi connectivity index (χ4n) is 6.75. The van der Waals surface area contributed by atoms with E-state index in [1.165, 1.54) is 54.6 Å². The van der Waals surface area contributed by atoms with Crippen LogP contribution in [-0.2, 0) is 42.7 Å². The summed E-state index contributed by atoms with van der Waals surface area (Å²) in [4.78, 5) is 77.9. The van der Waals surface area contributed by atoms with Gasteiger partial charge in [-0.15, -0.1) is 0 Å². The number of aryl methyl sites for hydroxylation is 2. The molecule has 0 fully saturated rings. The number of hydrogen-bond acceptors (Lipinski definition) is 15. The molecule has 0 spiro atoms. The number of allylic oxidation sites excluding steroid dienone is 2. The van der Waals surface area contributed by atoms with Crippen LogP contribution in [0.2, 0.25) is 0 Å². The van der Waals surface area contributed by atoms with Crippen LogP contribution in [0.15, 0.2) is 123 Å². The summed E-state index contributed by atoms with van der Waals surface area (Å²) in [5.74, 6) is -5.33. The highest BCUT2D eigenvalue weighted by molar-refractivity contribution is 7.91. The van der Waals surface area contributed by atoms with Gasteiger partial charge >= 0.3 is 11.9 Å². The number of amides is 2. The largest absolute Gasteiger partial charge is 0.481 e. The van der Waals surface area contributed by atoms with Gasteiger partial charge in [0.05, 0.1) is 11.4 Å². The number of fused-ring (bicyclic) bond motifs is 2. The predicted molar refractivity (Wildman–Crippen MR) is 248 cm³/mol. The second kappa shape index (κ2) is 19.5. The first-order chi connectivity index (χ1) is 32.2. The van der Waals surface area contributed by atoms with Gasteiger partial charge in [-0.2, -0.15) is 27.0 Å². The molecule has 21 nitrogen and oxygen atoms in total. The Morgan fingerprint density at radius 3 is 1.25 bits per heavy atom. The average Bonchev–Trinajstić information content (AvgIpc) is 3.29. The number of anilines is 4. The van der Waals surface area contributed by atoms with E-state index in [1.54, 1.807) is 48.5 Å². The normalized spacial score (nSPS) is 14.6. The van der Waals surface area contributed by atoms with Gasteiger partial charge in [0.15, 0.2) is 11.4 Å². The Morgan fingerprint density at radius 2 is 0.897 bits per heavy atom. The SMILES string of the molecule is O=C(O)CCc1ccc(N/N=C2\C(=O)c3ccc(NC(=O)c4cccc(C(=O)Nc5ccc6c(c5)C=C(S(=O)(=O)O)/C(=N/Nc5ccc(CCC(=O)O)cc5)C6=O)n4)cc3C=C2S(=O)(=O)O)cc1. The lowest BCUT2D eigenvalue weighted by Crippen LogP contribution is -2.27. The predicted octanol–water partition coefficient (Wildman–Crippen LogP) is 5.41. The van der Waals surface area contributed by atoms with Gasteiger partial charge in [-0.3, -0.25) is 48.7 Å². The van der Waals surface area contributed by atoms with Crippen molar-refractivity contribution < 1.29 is 64.9 Å². The number of nitrogens with zero attached hydrogens (tertiary/aromatic N) is 3. The number of benzene rings is 4. The highest BCUT2D eigenvalue weighted by Crippen LogP contribution is 2.30. The third-order valence-corrected chi connectivity index (χ3v) is 11.8. The van der Waals surface area contributed by atoms with Crippen molar-refractivity contribution in [2.24, 2.45) is 10.2 Å². The lowest BCUT2D eigenvalue weighted by Gasteiger charge is -2.17. The van der Waals surface area contributed by atoms with Crippen molar-refractivity contribution in [3.8, 4) is 0 Å². The fourth-order valence-corrected chi connectivity index (χ4v) is 8.07. The van der Waals surface area contributed by atoms with Crippen LogP contribution in [0.25, 0.3) is 12.2 Å². The molecule has 0 aliphatic heterocycles. The number of pyridine rings is 1. The van der Waals surface area contributed by atoms with Crippen LogP contribution >= 0.6 is 0 Å². The van der Waals surface area contributed by atoms with Crippen LogP contribution in [0.1, 0.15) is 76.8 Å². The van der Waals surface area contributed by atoms with Gasteiger partial charge in [0.1, 0.15) is 21.2 Å². The van der Waals surface area contributed by atoms with Crippen molar-refractivity contribution in [2.75, 3.05) is 21.5 Å². The first-order valence-electron chi connectivity index (χ1n) is 19.9. The van der Waals surface area contributed by atoms with Crippen molar-refractivity contribution in [3.63, 3.8) is 0 Å². The second-order valence-electron chi connectivity index (χ2n) is 14.9. The van der Waals surface area contributed by atoms with Crippen molar-refractivity contribution in [1.82, 2.24) is 4.98 Å². The number of carboxylic acids is 2. The number of aliphatic carboxylic acids is 2. The Balaban J connectivity index is 1.04. The molecule has 346 valence electrons. The zero-order valence-electron chi connectivity index (χ0n) is 34.8. The van der Waals surface area contributed by atoms with Crippen LogP contribution in [0.4, 0.5) is 22.7 Å². The number of Topliss-reactive ketones (excluding diaryl/α,β-unsaturated/α-hetero) is 2. The minimum Gasteiger partial charge on any atom is -0.481 e. The first kappa shape index (κ1) is 47.5. The maximum Gasteiger partial charge on any atom is 0.303 e. The smallest absolute Gasteiger partial charge is 0.303 e. The highest BCUT2D eigenvalue weighted by Gasteiger charge is 2.34. The number of carboxylic acid groups (broad SMARTS) is 2. The summed E-state index contributed by atoms with van der Waals surface area (Å²) in [5.41, 5.74) is 5.58. The molecule has 8 N–H and O–H groups in total. The first-order valence-corrected chi connectivity index (χ1v) is 22.8. The monoisotopic (exact) mass is 961 g/mol. The number of ketones is 2. The van der Waals surface area contributed by atoms with Gasteiger partial charge in [0, 0.05) is 35.3 Å². The van der Waals surface area contributed by atoms with E-state index in [9.17, 15) is 54.7 Å². The Labute approximate surface area is 385 Å². The Kier molecular flexibility index (Phi) is 13.6. The maximum atomic E-state index is 13.5. The second-order valence-corrected chi connectivity index (χ2v) is 17.7. The van der Waals surface area contributed by atoms with E-state index in [-0.39, 0.29) is 70.7 Å². The number of hydrogen-bond donors (Lipinski definition) is 8. The number of rotatable bonds is 16. The van der Waals surface area contributed by atoms with Crippen LogP contribution < -0.4 is 21.5 Å². The van der Waals surface area contributed by atoms with Crippen molar-refractivity contribution in [2.45, 2.75) is 25.7 Å². The molecule has 1 heterocycles. The Hall–Kier alpha value is -8.51. The molecule has 2 amide bonds. The molecule has 0 saturated heterocycles. The van der Waals surface area contributed by atoms with E-state index < -0.39 is 76.8 Å². The van der Waals surface area contributed by atoms with Gasteiger partial charge in [-0.25, -0.2) is 4.98 Å². The molecule has 0 saturated carbocycles.